The lowest BCUT2D eigenvalue weighted by Gasteiger charge is -2.26. The second-order valence-electron chi connectivity index (χ2n) is 7.08. The van der Waals surface area contributed by atoms with Gasteiger partial charge in [-0.15, -0.1) is 0 Å². The number of nitrogens with zero attached hydrogens (tertiary/aromatic N) is 3. The van der Waals surface area contributed by atoms with E-state index in [1.54, 1.807) is 7.11 Å². The summed E-state index contributed by atoms with van der Waals surface area (Å²) in [5.41, 5.74) is 3.24. The largest absolute Gasteiger partial charge is 0.497 e. The number of carbonyl (C=O) groups is 1. The van der Waals surface area contributed by atoms with Crippen molar-refractivity contribution in [2.75, 3.05) is 30.4 Å². The smallest absolute Gasteiger partial charge is 0.255 e. The molecule has 0 unspecified atom stereocenters. The first kappa shape index (κ1) is 18.9. The monoisotopic (exact) mass is 388 g/mol. The van der Waals surface area contributed by atoms with E-state index >= 15 is 0 Å². The molecular formula is C23H24N4O2. The van der Waals surface area contributed by atoms with Crippen LogP contribution in [0.4, 0.5) is 11.6 Å². The molecule has 1 aliphatic rings. The SMILES string of the molecule is COc1ccc(NC(=O)c2ccc(-c3cnc(N4CCCCC4)nc3)cc2)cc1. The molecule has 6 nitrogen and oxygen atoms in total. The summed E-state index contributed by atoms with van der Waals surface area (Å²) in [5.74, 6) is 1.39. The van der Waals surface area contributed by atoms with Gasteiger partial charge in [-0.05, 0) is 61.2 Å². The summed E-state index contributed by atoms with van der Waals surface area (Å²) in [6.45, 7) is 2.05. The molecule has 0 bridgehead atoms. The number of piperidine rings is 1. The van der Waals surface area contributed by atoms with E-state index in [-0.39, 0.29) is 5.91 Å². The van der Waals surface area contributed by atoms with Gasteiger partial charge in [-0.25, -0.2) is 9.97 Å². The first-order chi connectivity index (χ1) is 14.2. The number of aromatic nitrogens is 2. The van der Waals surface area contributed by atoms with Crippen LogP contribution in [0.25, 0.3) is 11.1 Å². The van der Waals surface area contributed by atoms with Crippen LogP contribution < -0.4 is 15.0 Å². The molecule has 1 fully saturated rings. The topological polar surface area (TPSA) is 67.3 Å². The molecule has 0 spiro atoms. The third kappa shape index (κ3) is 4.54. The fourth-order valence-electron chi connectivity index (χ4n) is 3.42. The van der Waals surface area contributed by atoms with E-state index in [1.807, 2.05) is 60.9 Å². The van der Waals surface area contributed by atoms with Gasteiger partial charge in [-0.1, -0.05) is 12.1 Å². The molecule has 2 heterocycles. The lowest BCUT2D eigenvalue weighted by atomic mass is 10.1. The van der Waals surface area contributed by atoms with Crippen molar-refractivity contribution in [2.24, 2.45) is 0 Å². The lowest BCUT2D eigenvalue weighted by Crippen LogP contribution is -2.30. The van der Waals surface area contributed by atoms with Crippen molar-refractivity contribution in [3.8, 4) is 16.9 Å². The van der Waals surface area contributed by atoms with Crippen LogP contribution in [0.5, 0.6) is 5.75 Å². The second-order valence-corrected chi connectivity index (χ2v) is 7.08. The van der Waals surface area contributed by atoms with Crippen molar-refractivity contribution >= 4 is 17.5 Å². The van der Waals surface area contributed by atoms with Gasteiger partial charge in [0.2, 0.25) is 5.95 Å². The van der Waals surface area contributed by atoms with Crippen LogP contribution in [0.1, 0.15) is 29.6 Å². The van der Waals surface area contributed by atoms with E-state index in [4.69, 9.17) is 4.74 Å². The van der Waals surface area contributed by atoms with Crippen molar-refractivity contribution in [3.05, 3.63) is 66.5 Å². The average molecular weight is 388 g/mol. The molecule has 1 aromatic heterocycles. The van der Waals surface area contributed by atoms with Crippen LogP contribution in [0.2, 0.25) is 0 Å². The number of carbonyl (C=O) groups excluding carboxylic acids is 1. The molecular weight excluding hydrogens is 364 g/mol. The molecule has 6 heteroatoms. The number of benzene rings is 2. The molecule has 0 atom stereocenters. The third-order valence-electron chi connectivity index (χ3n) is 5.11. The third-order valence-corrected chi connectivity index (χ3v) is 5.11. The van der Waals surface area contributed by atoms with Gasteiger partial charge in [0.25, 0.3) is 5.91 Å². The Bertz CT molecular complexity index is 948. The van der Waals surface area contributed by atoms with Gasteiger partial charge in [0.15, 0.2) is 0 Å². The number of nitrogens with one attached hydrogen (secondary N) is 1. The Morgan fingerprint density at radius 2 is 1.55 bits per heavy atom. The molecule has 4 rings (SSSR count). The Hall–Kier alpha value is -3.41. The lowest BCUT2D eigenvalue weighted by molar-refractivity contribution is 0.102. The fraction of sp³-hybridized carbons (Fsp3) is 0.261. The van der Waals surface area contributed by atoms with E-state index in [0.717, 1.165) is 41.6 Å². The van der Waals surface area contributed by atoms with Gasteiger partial charge >= 0.3 is 0 Å². The molecule has 1 amide bonds. The van der Waals surface area contributed by atoms with Crippen LogP contribution in [0.3, 0.4) is 0 Å². The highest BCUT2D eigenvalue weighted by molar-refractivity contribution is 6.04. The number of ether oxygens (including phenoxy) is 1. The maximum atomic E-state index is 12.5. The summed E-state index contributed by atoms with van der Waals surface area (Å²) in [6, 6.07) is 14.7. The quantitative estimate of drug-likeness (QED) is 0.702. The minimum atomic E-state index is -0.154. The average Bonchev–Trinajstić information content (AvgIpc) is 2.80. The van der Waals surface area contributed by atoms with E-state index in [9.17, 15) is 4.79 Å². The molecule has 3 aromatic rings. The van der Waals surface area contributed by atoms with Crippen molar-refractivity contribution in [2.45, 2.75) is 19.3 Å². The Morgan fingerprint density at radius 1 is 0.897 bits per heavy atom. The maximum absolute atomic E-state index is 12.5. The van der Waals surface area contributed by atoms with E-state index in [2.05, 4.69) is 20.2 Å². The highest BCUT2D eigenvalue weighted by Crippen LogP contribution is 2.22. The first-order valence-electron chi connectivity index (χ1n) is 9.86. The second kappa shape index (κ2) is 8.73. The molecule has 0 aliphatic carbocycles. The Balaban J connectivity index is 1.42. The minimum Gasteiger partial charge on any atom is -0.497 e. The predicted molar refractivity (Wildman–Crippen MR) is 114 cm³/mol. The van der Waals surface area contributed by atoms with Gasteiger partial charge in [0.05, 0.1) is 7.11 Å². The standard InChI is InChI=1S/C23H24N4O2/c1-29-21-11-9-20(10-12-21)26-22(28)18-7-5-17(6-8-18)19-15-24-23(25-16-19)27-13-3-2-4-14-27/h5-12,15-16H,2-4,13-14H2,1H3,(H,26,28). The van der Waals surface area contributed by atoms with E-state index < -0.39 is 0 Å². The predicted octanol–water partition coefficient (Wildman–Crippen LogP) is 4.39. The van der Waals surface area contributed by atoms with Gasteiger partial charge in [0.1, 0.15) is 5.75 Å². The zero-order chi connectivity index (χ0) is 20.1. The number of anilines is 2. The minimum absolute atomic E-state index is 0.154. The molecule has 1 N–H and O–H groups in total. The van der Waals surface area contributed by atoms with Crippen LogP contribution in [0.15, 0.2) is 60.9 Å². The molecule has 29 heavy (non-hydrogen) atoms. The molecule has 1 saturated heterocycles. The van der Waals surface area contributed by atoms with Gasteiger partial charge in [-0.2, -0.15) is 0 Å². The summed E-state index contributed by atoms with van der Waals surface area (Å²) < 4.78 is 5.13. The molecule has 1 aliphatic heterocycles. The number of hydrogen-bond acceptors (Lipinski definition) is 5. The van der Waals surface area contributed by atoms with Crippen molar-refractivity contribution in [1.82, 2.24) is 9.97 Å². The Morgan fingerprint density at radius 3 is 2.17 bits per heavy atom. The maximum Gasteiger partial charge on any atom is 0.255 e. The van der Waals surface area contributed by atoms with E-state index in [1.165, 1.54) is 19.3 Å². The highest BCUT2D eigenvalue weighted by Gasteiger charge is 2.13. The molecule has 0 radical (unpaired) electrons. The zero-order valence-corrected chi connectivity index (χ0v) is 16.5. The summed E-state index contributed by atoms with van der Waals surface area (Å²) in [7, 11) is 1.61. The van der Waals surface area contributed by atoms with Crippen molar-refractivity contribution in [3.63, 3.8) is 0 Å². The summed E-state index contributed by atoms with van der Waals surface area (Å²) in [5, 5.41) is 2.89. The van der Waals surface area contributed by atoms with Gasteiger partial charge < -0.3 is 15.0 Å². The van der Waals surface area contributed by atoms with E-state index in [0.29, 0.717) is 5.56 Å². The molecule has 0 saturated carbocycles. The van der Waals surface area contributed by atoms with Gasteiger partial charge in [-0.3, -0.25) is 4.79 Å². The fourth-order valence-corrected chi connectivity index (χ4v) is 3.42. The van der Waals surface area contributed by atoms with Crippen LogP contribution in [-0.2, 0) is 0 Å². The Kier molecular flexibility index (Phi) is 5.70. The van der Waals surface area contributed by atoms with Crippen LogP contribution in [-0.4, -0.2) is 36.1 Å². The summed E-state index contributed by atoms with van der Waals surface area (Å²) >= 11 is 0. The number of amides is 1. The molecule has 2 aromatic carbocycles. The molecule has 148 valence electrons. The van der Waals surface area contributed by atoms with Crippen LogP contribution >= 0.6 is 0 Å². The highest BCUT2D eigenvalue weighted by atomic mass is 16.5. The number of hydrogen-bond donors (Lipinski definition) is 1. The van der Waals surface area contributed by atoms with Crippen LogP contribution in [0, 0.1) is 0 Å². The zero-order valence-electron chi connectivity index (χ0n) is 16.5. The first-order valence-corrected chi connectivity index (χ1v) is 9.86. The number of rotatable bonds is 5. The van der Waals surface area contributed by atoms with Crippen molar-refractivity contribution < 1.29 is 9.53 Å². The Labute approximate surface area is 170 Å². The number of methoxy groups -OCH3 is 1. The summed E-state index contributed by atoms with van der Waals surface area (Å²) in [4.78, 5) is 23.8. The van der Waals surface area contributed by atoms with Crippen molar-refractivity contribution in [1.29, 1.82) is 0 Å². The van der Waals surface area contributed by atoms with Gasteiger partial charge in [0, 0.05) is 42.3 Å². The normalized spacial score (nSPS) is 13.8. The summed E-state index contributed by atoms with van der Waals surface area (Å²) in [6.07, 6.45) is 7.38.